The highest BCUT2D eigenvalue weighted by atomic mass is 32.1. The number of carbonyl (C=O) groups excluding carboxylic acids is 1. The number of carbonyl (C=O) groups is 1. The third-order valence-electron chi connectivity index (χ3n) is 5.49. The smallest absolute Gasteiger partial charge is 0.317 e. The Kier molecular flexibility index (Phi) is 6.03. The van der Waals surface area contributed by atoms with Gasteiger partial charge in [-0.1, -0.05) is 47.7 Å². The maximum absolute atomic E-state index is 12.9. The molecule has 0 fully saturated rings. The summed E-state index contributed by atoms with van der Waals surface area (Å²) in [4.78, 5) is 29.6. The molecule has 1 aliphatic heterocycles. The molecule has 174 valence electrons. The molecule has 2 heterocycles. The molecule has 0 amide bonds. The van der Waals surface area contributed by atoms with Crippen LogP contribution in [0.2, 0.25) is 0 Å². The highest BCUT2D eigenvalue weighted by Gasteiger charge is 2.22. The first kappa shape index (κ1) is 22.4. The van der Waals surface area contributed by atoms with Gasteiger partial charge in [0.05, 0.1) is 17.7 Å². The second-order valence-electron chi connectivity index (χ2n) is 7.74. The summed E-state index contributed by atoms with van der Waals surface area (Å²) in [5.41, 5.74) is 3.54. The van der Waals surface area contributed by atoms with Crippen LogP contribution in [-0.4, -0.2) is 28.9 Å². The van der Waals surface area contributed by atoms with Crippen LogP contribution in [0.4, 0.5) is 5.69 Å². The number of aliphatic imine (C=N–C) groups is 1. The van der Waals surface area contributed by atoms with Gasteiger partial charge >= 0.3 is 4.87 Å². The summed E-state index contributed by atoms with van der Waals surface area (Å²) in [6.45, 7) is 0.428. The van der Waals surface area contributed by atoms with Crippen molar-refractivity contribution in [3.63, 3.8) is 0 Å². The lowest BCUT2D eigenvalue weighted by Crippen LogP contribution is -2.22. The van der Waals surface area contributed by atoms with E-state index >= 15 is 0 Å². The van der Waals surface area contributed by atoms with Gasteiger partial charge in [0.1, 0.15) is 18.1 Å². The van der Waals surface area contributed by atoms with E-state index in [0.717, 1.165) is 32.7 Å². The van der Waals surface area contributed by atoms with Gasteiger partial charge in [-0.2, -0.15) is 0 Å². The van der Waals surface area contributed by atoms with E-state index in [9.17, 15) is 14.7 Å². The first-order chi connectivity index (χ1) is 17.0. The van der Waals surface area contributed by atoms with E-state index in [1.807, 2.05) is 48.5 Å². The largest absolute Gasteiger partial charge is 0.497 e. The molecular weight excluding hydrogens is 464 g/mol. The fourth-order valence-corrected chi connectivity index (χ4v) is 4.51. The number of ether oxygens (including phenoxy) is 2. The molecule has 1 aromatic heterocycles. The van der Waals surface area contributed by atoms with Crippen LogP contribution in [0, 0.1) is 0 Å². The van der Waals surface area contributed by atoms with Crippen LogP contribution in [0.25, 0.3) is 11.6 Å². The molecule has 1 N–H and O–H groups in total. The van der Waals surface area contributed by atoms with Crippen molar-refractivity contribution in [1.82, 2.24) is 4.57 Å². The first-order valence-corrected chi connectivity index (χ1v) is 11.6. The van der Waals surface area contributed by atoms with E-state index in [1.54, 1.807) is 30.5 Å². The summed E-state index contributed by atoms with van der Waals surface area (Å²) in [5.74, 6) is 0.0975. The fourth-order valence-electron chi connectivity index (χ4n) is 3.69. The van der Waals surface area contributed by atoms with Crippen LogP contribution < -0.4 is 14.3 Å². The quantitative estimate of drug-likeness (QED) is 0.409. The summed E-state index contributed by atoms with van der Waals surface area (Å²) in [7, 11) is 1.49. The number of rotatable bonds is 6. The third kappa shape index (κ3) is 4.51. The van der Waals surface area contributed by atoms with Crippen LogP contribution in [0.15, 0.2) is 82.6 Å². The Balaban J connectivity index is 1.43. The maximum atomic E-state index is 12.9. The Labute approximate surface area is 204 Å². The molecular formula is C27H20N2O5S. The van der Waals surface area contributed by atoms with Crippen molar-refractivity contribution in [2.45, 2.75) is 6.61 Å². The van der Waals surface area contributed by atoms with Gasteiger partial charge in [0.25, 0.3) is 5.91 Å². The van der Waals surface area contributed by atoms with E-state index in [1.165, 1.54) is 13.2 Å². The van der Waals surface area contributed by atoms with Crippen molar-refractivity contribution < 1.29 is 19.4 Å². The Bertz CT molecular complexity index is 1530. The van der Waals surface area contributed by atoms with Crippen LogP contribution >= 0.6 is 11.3 Å². The topological polar surface area (TPSA) is 90.1 Å². The number of nitrogens with zero attached hydrogens (tertiary/aromatic N) is 2. The van der Waals surface area contributed by atoms with Crippen molar-refractivity contribution >= 4 is 40.8 Å². The zero-order chi connectivity index (χ0) is 24.4. The summed E-state index contributed by atoms with van der Waals surface area (Å²) < 4.78 is 11.8. The molecule has 1 aliphatic rings. The average molecular weight is 485 g/mol. The summed E-state index contributed by atoms with van der Waals surface area (Å²) in [6, 6.07) is 21.8. The van der Waals surface area contributed by atoms with Crippen molar-refractivity contribution in [2.75, 3.05) is 7.11 Å². The minimum atomic E-state index is -0.635. The number of allylic oxidation sites excluding steroid dienone is 1. The molecule has 0 unspecified atom stereocenters. The van der Waals surface area contributed by atoms with Crippen LogP contribution in [0.5, 0.6) is 17.4 Å². The molecule has 0 bridgehead atoms. The molecule has 0 saturated heterocycles. The first-order valence-electron chi connectivity index (χ1n) is 10.7. The number of thiazole rings is 1. The molecule has 0 radical (unpaired) electrons. The van der Waals surface area contributed by atoms with E-state index in [2.05, 4.69) is 4.99 Å². The van der Waals surface area contributed by atoms with E-state index in [0.29, 0.717) is 23.7 Å². The summed E-state index contributed by atoms with van der Waals surface area (Å²) >= 11 is 0.783. The normalized spacial score (nSPS) is 13.1. The average Bonchev–Trinajstić information content (AvgIpc) is 3.42. The van der Waals surface area contributed by atoms with Crippen molar-refractivity contribution in [1.29, 1.82) is 0 Å². The number of fused-ring (bicyclic) bond motifs is 1. The maximum Gasteiger partial charge on any atom is 0.317 e. The molecule has 0 aliphatic carbocycles. The van der Waals surface area contributed by atoms with E-state index in [4.69, 9.17) is 9.47 Å². The number of aromatic hydroxyl groups is 1. The van der Waals surface area contributed by atoms with Gasteiger partial charge in [0.2, 0.25) is 5.88 Å². The van der Waals surface area contributed by atoms with Gasteiger partial charge in [-0.25, -0.2) is 4.57 Å². The van der Waals surface area contributed by atoms with E-state index < -0.39 is 16.7 Å². The Morgan fingerprint density at radius 3 is 2.69 bits per heavy atom. The molecule has 35 heavy (non-hydrogen) atoms. The van der Waals surface area contributed by atoms with Crippen molar-refractivity contribution in [2.24, 2.45) is 4.99 Å². The molecule has 0 spiro atoms. The molecule has 0 atom stereocenters. The second kappa shape index (κ2) is 9.44. The van der Waals surface area contributed by atoms with Crippen LogP contribution in [-0.2, 0) is 6.61 Å². The number of methoxy groups -OCH3 is 1. The number of hydrogen-bond acceptors (Lipinski definition) is 7. The van der Waals surface area contributed by atoms with Gasteiger partial charge in [-0.3, -0.25) is 14.6 Å². The van der Waals surface area contributed by atoms with Crippen LogP contribution in [0.3, 0.4) is 0 Å². The molecule has 8 heteroatoms. The molecule has 0 saturated carbocycles. The fraction of sp³-hybridized carbons (Fsp3) is 0.0741. The third-order valence-corrected chi connectivity index (χ3v) is 6.37. The lowest BCUT2D eigenvalue weighted by molar-refractivity contribution is 0.0948. The Morgan fingerprint density at radius 2 is 1.89 bits per heavy atom. The zero-order valence-corrected chi connectivity index (χ0v) is 19.5. The van der Waals surface area contributed by atoms with E-state index in [-0.39, 0.29) is 10.4 Å². The minimum Gasteiger partial charge on any atom is -0.497 e. The number of hydrogen-bond donors (Lipinski definition) is 1. The molecule has 5 rings (SSSR count). The number of aromatic nitrogens is 1. The monoisotopic (exact) mass is 484 g/mol. The minimum absolute atomic E-state index is 0.228. The summed E-state index contributed by atoms with van der Waals surface area (Å²) in [5, 5.41) is 10.7. The lowest BCUT2D eigenvalue weighted by Gasteiger charge is -2.08. The molecule has 7 nitrogen and oxygen atoms in total. The van der Waals surface area contributed by atoms with Gasteiger partial charge in [-0.05, 0) is 48.0 Å². The highest BCUT2D eigenvalue weighted by Crippen LogP contribution is 2.37. The molecule has 4 aromatic rings. The highest BCUT2D eigenvalue weighted by molar-refractivity contribution is 7.10. The zero-order valence-electron chi connectivity index (χ0n) is 18.7. The predicted octanol–water partition coefficient (Wildman–Crippen LogP) is 5.15. The van der Waals surface area contributed by atoms with Crippen molar-refractivity contribution in [3.8, 4) is 17.4 Å². The standard InChI is InChI=1S/C27H20N2O5S/c1-33-20-9-5-8-18(12-20)25(30)29-26(31)24(35-27(29)32)13-19-15-28-23-11-10-21(14-22(19)23)34-16-17-6-3-2-4-7-17/h2-15,31H,16H2,1H3. The van der Waals surface area contributed by atoms with Gasteiger partial charge in [0.15, 0.2) is 0 Å². The number of benzene rings is 3. The van der Waals surface area contributed by atoms with Crippen molar-refractivity contribution in [3.05, 3.63) is 104 Å². The Hall–Kier alpha value is -4.43. The molecule has 3 aromatic carbocycles. The lowest BCUT2D eigenvalue weighted by atomic mass is 10.1. The predicted molar refractivity (Wildman–Crippen MR) is 136 cm³/mol. The Morgan fingerprint density at radius 1 is 1.06 bits per heavy atom. The van der Waals surface area contributed by atoms with Crippen LogP contribution in [0.1, 0.15) is 26.4 Å². The van der Waals surface area contributed by atoms with Gasteiger partial charge in [-0.15, -0.1) is 0 Å². The van der Waals surface area contributed by atoms with Gasteiger partial charge in [0, 0.05) is 22.9 Å². The SMILES string of the molecule is COc1cccc(C(=O)n2c(O)c(C=C3C=Nc4ccc(OCc5ccccc5)cc43)sc2=O)c1. The van der Waals surface area contributed by atoms with Gasteiger partial charge < -0.3 is 14.6 Å². The summed E-state index contributed by atoms with van der Waals surface area (Å²) in [6.07, 6.45) is 3.30. The second-order valence-corrected chi connectivity index (χ2v) is 8.73.